The molecule has 1 fully saturated rings. The predicted octanol–water partition coefficient (Wildman–Crippen LogP) is 3.49. The fourth-order valence-electron chi connectivity index (χ4n) is 2.47. The normalized spacial score (nSPS) is 21.1. The maximum absolute atomic E-state index is 12.2. The Morgan fingerprint density at radius 2 is 1.94 bits per heavy atom. The van der Waals surface area contributed by atoms with E-state index in [1.165, 1.54) is 12.8 Å². The van der Waals surface area contributed by atoms with Gasteiger partial charge in [-0.25, -0.2) is 0 Å². The zero-order valence-electron chi connectivity index (χ0n) is 10.7. The molecule has 0 aliphatic heterocycles. The highest BCUT2D eigenvalue weighted by atomic mass is 79.9. The van der Waals surface area contributed by atoms with Crippen LogP contribution in [0.25, 0.3) is 0 Å². The van der Waals surface area contributed by atoms with Gasteiger partial charge in [0, 0.05) is 16.8 Å². The van der Waals surface area contributed by atoms with Crippen molar-refractivity contribution in [2.75, 3.05) is 5.33 Å². The van der Waals surface area contributed by atoms with Gasteiger partial charge in [0.25, 0.3) is 0 Å². The molecule has 1 saturated carbocycles. The monoisotopic (exact) mass is 289 g/mol. The molecule has 0 heterocycles. The average Bonchev–Trinajstić information content (AvgIpc) is 2.64. The number of hydrogen-bond donors (Lipinski definition) is 1. The van der Waals surface area contributed by atoms with Gasteiger partial charge >= 0.3 is 0 Å². The van der Waals surface area contributed by atoms with Crippen LogP contribution in [0.3, 0.4) is 0 Å². The Labute approximate surface area is 108 Å². The summed E-state index contributed by atoms with van der Waals surface area (Å²) >= 11 is 3.48. The highest BCUT2D eigenvalue weighted by Crippen LogP contribution is 2.37. The number of hydrogen-bond acceptors (Lipinski definition) is 1. The van der Waals surface area contributed by atoms with Crippen molar-refractivity contribution in [3.63, 3.8) is 0 Å². The van der Waals surface area contributed by atoms with Gasteiger partial charge in [-0.05, 0) is 25.2 Å². The summed E-state index contributed by atoms with van der Waals surface area (Å²) in [5.41, 5.74) is -0.0998. The van der Waals surface area contributed by atoms with Crippen molar-refractivity contribution in [2.45, 2.75) is 58.9 Å². The molecule has 1 atom stereocenters. The molecule has 0 radical (unpaired) electrons. The first-order valence-corrected chi connectivity index (χ1v) is 7.47. The molecule has 0 aromatic heterocycles. The fraction of sp³-hybridized carbons (Fsp3) is 0.923. The Balaban J connectivity index is 2.48. The van der Waals surface area contributed by atoms with Crippen LogP contribution in [0.15, 0.2) is 0 Å². The van der Waals surface area contributed by atoms with Gasteiger partial charge in [0.1, 0.15) is 0 Å². The molecule has 1 unspecified atom stereocenters. The van der Waals surface area contributed by atoms with Crippen LogP contribution in [0.2, 0.25) is 0 Å². The first-order chi connectivity index (χ1) is 7.48. The summed E-state index contributed by atoms with van der Waals surface area (Å²) in [6.45, 7) is 6.49. The van der Waals surface area contributed by atoms with Crippen LogP contribution < -0.4 is 5.32 Å². The Morgan fingerprint density at radius 3 is 2.38 bits per heavy atom. The molecule has 0 saturated heterocycles. The van der Waals surface area contributed by atoms with Crippen molar-refractivity contribution in [1.29, 1.82) is 0 Å². The Morgan fingerprint density at radius 1 is 1.38 bits per heavy atom. The fourth-order valence-corrected chi connectivity index (χ4v) is 2.90. The molecule has 1 amide bonds. The van der Waals surface area contributed by atoms with Gasteiger partial charge in [0.2, 0.25) is 5.91 Å². The zero-order chi connectivity index (χ0) is 12.2. The van der Waals surface area contributed by atoms with E-state index in [1.807, 2.05) is 0 Å². The molecule has 16 heavy (non-hydrogen) atoms. The molecule has 0 bridgehead atoms. The van der Waals surface area contributed by atoms with Gasteiger partial charge in [-0.15, -0.1) is 0 Å². The van der Waals surface area contributed by atoms with Crippen LogP contribution >= 0.6 is 15.9 Å². The lowest BCUT2D eigenvalue weighted by atomic mass is 9.87. The largest absolute Gasteiger partial charge is 0.352 e. The van der Waals surface area contributed by atoms with Crippen molar-refractivity contribution in [1.82, 2.24) is 5.32 Å². The van der Waals surface area contributed by atoms with Crippen molar-refractivity contribution in [3.05, 3.63) is 0 Å². The number of amides is 1. The minimum absolute atomic E-state index is 0.0998. The summed E-state index contributed by atoms with van der Waals surface area (Å²) < 4.78 is 0. The van der Waals surface area contributed by atoms with E-state index < -0.39 is 0 Å². The number of carbonyl (C=O) groups is 1. The molecule has 2 nitrogen and oxygen atoms in total. The molecule has 94 valence electrons. The lowest BCUT2D eigenvalue weighted by Crippen LogP contribution is -2.44. The Hall–Kier alpha value is -0.0500. The van der Waals surface area contributed by atoms with Crippen LogP contribution in [0.4, 0.5) is 0 Å². The summed E-state index contributed by atoms with van der Waals surface area (Å²) in [7, 11) is 0. The summed E-state index contributed by atoms with van der Waals surface area (Å²) in [4.78, 5) is 12.2. The molecule has 0 aromatic carbocycles. The third-order valence-corrected chi connectivity index (χ3v) is 4.31. The second-order valence-electron chi connectivity index (χ2n) is 5.72. The van der Waals surface area contributed by atoms with E-state index in [-0.39, 0.29) is 17.4 Å². The van der Waals surface area contributed by atoms with Crippen molar-refractivity contribution < 1.29 is 4.79 Å². The minimum atomic E-state index is -0.0998. The maximum Gasteiger partial charge on any atom is 0.226 e. The third-order valence-electron chi connectivity index (χ3n) is 3.53. The van der Waals surface area contributed by atoms with E-state index in [1.54, 1.807) is 0 Å². The summed E-state index contributed by atoms with van der Waals surface area (Å²) in [5.74, 6) is 0.884. The van der Waals surface area contributed by atoms with Crippen LogP contribution in [0.1, 0.15) is 52.9 Å². The highest BCUT2D eigenvalue weighted by Gasteiger charge is 2.36. The molecule has 0 aromatic rings. The van der Waals surface area contributed by atoms with E-state index in [4.69, 9.17) is 0 Å². The molecule has 1 aliphatic rings. The standard InChI is InChI=1S/C13H24BrNO/c1-10(2)8-11(9-14)15-12(16)13(3)6-4-5-7-13/h10-11H,4-9H2,1-3H3,(H,15,16). The van der Waals surface area contributed by atoms with E-state index in [0.717, 1.165) is 24.6 Å². The van der Waals surface area contributed by atoms with Gasteiger partial charge in [0.15, 0.2) is 0 Å². The van der Waals surface area contributed by atoms with Gasteiger partial charge < -0.3 is 5.32 Å². The van der Waals surface area contributed by atoms with Crippen LogP contribution in [-0.2, 0) is 4.79 Å². The average molecular weight is 290 g/mol. The van der Waals surface area contributed by atoms with Crippen LogP contribution in [-0.4, -0.2) is 17.3 Å². The SMILES string of the molecule is CC(C)CC(CBr)NC(=O)C1(C)CCCC1. The lowest BCUT2D eigenvalue weighted by Gasteiger charge is -2.26. The molecule has 0 spiro atoms. The molecule has 1 N–H and O–H groups in total. The number of halogens is 1. The molecule has 1 aliphatic carbocycles. The number of alkyl halides is 1. The smallest absolute Gasteiger partial charge is 0.226 e. The topological polar surface area (TPSA) is 29.1 Å². The van der Waals surface area contributed by atoms with Crippen LogP contribution in [0, 0.1) is 11.3 Å². The highest BCUT2D eigenvalue weighted by molar-refractivity contribution is 9.09. The lowest BCUT2D eigenvalue weighted by molar-refractivity contribution is -0.130. The Bertz CT molecular complexity index is 234. The molecule has 1 rings (SSSR count). The minimum Gasteiger partial charge on any atom is -0.352 e. The van der Waals surface area contributed by atoms with Crippen molar-refractivity contribution in [2.24, 2.45) is 11.3 Å². The number of carbonyl (C=O) groups excluding carboxylic acids is 1. The predicted molar refractivity (Wildman–Crippen MR) is 71.8 cm³/mol. The van der Waals surface area contributed by atoms with Crippen molar-refractivity contribution in [3.8, 4) is 0 Å². The second kappa shape index (κ2) is 6.04. The van der Waals surface area contributed by atoms with E-state index in [0.29, 0.717) is 5.92 Å². The van der Waals surface area contributed by atoms with E-state index >= 15 is 0 Å². The van der Waals surface area contributed by atoms with E-state index in [2.05, 4.69) is 42.0 Å². The maximum atomic E-state index is 12.2. The first kappa shape index (κ1) is 14.0. The third kappa shape index (κ3) is 3.76. The van der Waals surface area contributed by atoms with E-state index in [9.17, 15) is 4.79 Å². The summed E-state index contributed by atoms with van der Waals surface area (Å²) in [5, 5.41) is 4.05. The summed E-state index contributed by atoms with van der Waals surface area (Å²) in [6, 6.07) is 0.282. The van der Waals surface area contributed by atoms with Crippen LogP contribution in [0.5, 0.6) is 0 Å². The number of rotatable bonds is 5. The molecular formula is C13H24BrNO. The number of nitrogens with one attached hydrogen (secondary N) is 1. The van der Waals surface area contributed by atoms with Crippen molar-refractivity contribution >= 4 is 21.8 Å². The van der Waals surface area contributed by atoms with Gasteiger partial charge in [-0.2, -0.15) is 0 Å². The zero-order valence-corrected chi connectivity index (χ0v) is 12.3. The Kier molecular flexibility index (Phi) is 5.29. The summed E-state index contributed by atoms with van der Waals surface area (Å²) in [6.07, 6.45) is 5.55. The van der Waals surface area contributed by atoms with Gasteiger partial charge in [-0.3, -0.25) is 4.79 Å². The second-order valence-corrected chi connectivity index (χ2v) is 6.37. The van der Waals surface area contributed by atoms with Gasteiger partial charge in [-0.1, -0.05) is 49.5 Å². The molecular weight excluding hydrogens is 266 g/mol. The molecule has 3 heteroatoms. The quantitative estimate of drug-likeness (QED) is 0.772. The van der Waals surface area contributed by atoms with Gasteiger partial charge in [0.05, 0.1) is 0 Å². The first-order valence-electron chi connectivity index (χ1n) is 6.35.